The molecule has 1 saturated carbocycles. The lowest BCUT2D eigenvalue weighted by atomic mass is 9.95. The minimum atomic E-state index is -0.707. The molecule has 0 spiro atoms. The van der Waals surface area contributed by atoms with Crippen LogP contribution in [0.1, 0.15) is 50.9 Å². The minimum Gasteiger partial charge on any atom is -0.367 e. The quantitative estimate of drug-likeness (QED) is 0.840. The third kappa shape index (κ3) is 4.16. The second-order valence-electron chi connectivity index (χ2n) is 5.56. The second-order valence-corrected chi connectivity index (χ2v) is 7.92. The van der Waals surface area contributed by atoms with Gasteiger partial charge in [0.05, 0.1) is 0 Å². The lowest BCUT2D eigenvalue weighted by molar-refractivity contribution is 0.464. The number of nitrogens with one attached hydrogen (secondary N) is 1. The number of halogens is 1. The van der Waals surface area contributed by atoms with E-state index in [0.717, 1.165) is 55.1 Å². The van der Waals surface area contributed by atoms with Crippen LogP contribution in [0.3, 0.4) is 0 Å². The molecule has 0 aliphatic heterocycles. The summed E-state index contributed by atoms with van der Waals surface area (Å²) in [4.78, 5) is 8.82. The van der Waals surface area contributed by atoms with Crippen LogP contribution in [0.5, 0.6) is 0 Å². The molecule has 1 aromatic heterocycles. The number of aryl methyl sites for hydroxylation is 1. The Hall–Kier alpha value is -0.680. The summed E-state index contributed by atoms with van der Waals surface area (Å²) in [6.07, 6.45) is 5.00. The van der Waals surface area contributed by atoms with Crippen LogP contribution >= 0.6 is 11.6 Å². The topological polar surface area (TPSA) is 54.9 Å². The van der Waals surface area contributed by atoms with Gasteiger partial charge in [0.15, 0.2) is 0 Å². The number of hydrogen-bond acceptors (Lipinski definition) is 4. The number of hydrogen-bond donors (Lipinski definition) is 1. The first-order valence-corrected chi connectivity index (χ1v) is 9.47. The summed E-state index contributed by atoms with van der Waals surface area (Å²) in [7, 11) is -0.707. The maximum absolute atomic E-state index is 12.0. The van der Waals surface area contributed by atoms with Crippen LogP contribution in [0, 0.1) is 6.92 Å². The SMILES string of the molecule is CCc1nc(Cl)c(C)c(NC2CCCC(S(=O)CC)C2)n1. The van der Waals surface area contributed by atoms with Crippen molar-refractivity contribution < 1.29 is 4.21 Å². The Morgan fingerprint density at radius 1 is 1.33 bits per heavy atom. The lowest BCUT2D eigenvalue weighted by Gasteiger charge is -2.30. The minimum absolute atomic E-state index is 0.310. The van der Waals surface area contributed by atoms with Crippen LogP contribution in [-0.2, 0) is 17.2 Å². The van der Waals surface area contributed by atoms with Crippen LogP contribution < -0.4 is 5.32 Å². The molecule has 1 N–H and O–H groups in total. The Kier molecular flexibility index (Phi) is 5.99. The van der Waals surface area contributed by atoms with Crippen molar-refractivity contribution in [2.75, 3.05) is 11.1 Å². The van der Waals surface area contributed by atoms with Crippen molar-refractivity contribution in [3.8, 4) is 0 Å². The van der Waals surface area contributed by atoms with Gasteiger partial charge in [0, 0.05) is 39.8 Å². The zero-order valence-corrected chi connectivity index (χ0v) is 14.6. The average Bonchev–Trinajstić information content (AvgIpc) is 2.51. The maximum atomic E-state index is 12.0. The highest BCUT2D eigenvalue weighted by Gasteiger charge is 2.26. The van der Waals surface area contributed by atoms with Crippen molar-refractivity contribution in [2.24, 2.45) is 0 Å². The molecule has 0 radical (unpaired) electrons. The van der Waals surface area contributed by atoms with Crippen molar-refractivity contribution in [1.82, 2.24) is 9.97 Å². The molecule has 1 aliphatic carbocycles. The van der Waals surface area contributed by atoms with Gasteiger partial charge in [0.2, 0.25) is 0 Å². The van der Waals surface area contributed by atoms with Crippen molar-refractivity contribution in [2.45, 2.75) is 64.2 Å². The van der Waals surface area contributed by atoms with E-state index in [1.54, 1.807) is 0 Å². The molecule has 1 fully saturated rings. The Morgan fingerprint density at radius 2 is 2.10 bits per heavy atom. The molecule has 0 amide bonds. The summed E-state index contributed by atoms with van der Waals surface area (Å²) < 4.78 is 12.0. The molecule has 4 nitrogen and oxygen atoms in total. The number of rotatable bonds is 5. The molecular weight excluding hydrogens is 306 g/mol. The summed E-state index contributed by atoms with van der Waals surface area (Å²) in [5.41, 5.74) is 0.896. The molecule has 118 valence electrons. The third-order valence-electron chi connectivity index (χ3n) is 4.07. The Bertz CT molecular complexity index is 524. The summed E-state index contributed by atoms with van der Waals surface area (Å²) >= 11 is 6.18. The van der Waals surface area contributed by atoms with Gasteiger partial charge in [-0.05, 0) is 26.2 Å². The van der Waals surface area contributed by atoms with E-state index in [1.807, 2.05) is 20.8 Å². The van der Waals surface area contributed by atoms with E-state index in [0.29, 0.717) is 16.4 Å². The van der Waals surface area contributed by atoms with Crippen LogP contribution in [0.2, 0.25) is 5.15 Å². The molecule has 1 heterocycles. The van der Waals surface area contributed by atoms with Gasteiger partial charge in [0.25, 0.3) is 0 Å². The summed E-state index contributed by atoms with van der Waals surface area (Å²) in [5, 5.41) is 4.34. The third-order valence-corrected chi connectivity index (χ3v) is 6.18. The van der Waals surface area contributed by atoms with Crippen LogP contribution in [0.25, 0.3) is 0 Å². The highest BCUT2D eigenvalue weighted by Crippen LogP contribution is 2.27. The fourth-order valence-corrected chi connectivity index (χ4v) is 4.31. The van der Waals surface area contributed by atoms with Crippen LogP contribution in [-0.4, -0.2) is 31.2 Å². The first-order valence-electron chi connectivity index (χ1n) is 7.71. The normalized spacial score (nSPS) is 23.8. The molecule has 21 heavy (non-hydrogen) atoms. The number of nitrogens with zero attached hydrogens (tertiary/aromatic N) is 2. The van der Waals surface area contributed by atoms with Crippen molar-refractivity contribution in [1.29, 1.82) is 0 Å². The smallest absolute Gasteiger partial charge is 0.137 e. The first kappa shape index (κ1) is 16.7. The molecule has 2 rings (SSSR count). The molecule has 0 bridgehead atoms. The predicted octanol–water partition coefficient (Wildman–Crippen LogP) is 3.49. The fourth-order valence-electron chi connectivity index (χ4n) is 2.78. The molecule has 3 atom stereocenters. The summed E-state index contributed by atoms with van der Waals surface area (Å²) in [6.45, 7) is 5.95. The van der Waals surface area contributed by atoms with E-state index in [2.05, 4.69) is 15.3 Å². The van der Waals surface area contributed by atoms with Crippen molar-refractivity contribution >= 4 is 28.2 Å². The summed E-state index contributed by atoms with van der Waals surface area (Å²) in [5.74, 6) is 2.34. The monoisotopic (exact) mass is 329 g/mol. The zero-order valence-electron chi connectivity index (χ0n) is 13.0. The molecule has 3 unspecified atom stereocenters. The first-order chi connectivity index (χ1) is 10.0. The Balaban J connectivity index is 2.10. The molecule has 0 aromatic carbocycles. The average molecular weight is 330 g/mol. The van der Waals surface area contributed by atoms with E-state index in [-0.39, 0.29) is 0 Å². The van der Waals surface area contributed by atoms with E-state index >= 15 is 0 Å². The van der Waals surface area contributed by atoms with E-state index in [4.69, 9.17) is 11.6 Å². The molecular formula is C15H24ClN3OS. The molecule has 0 saturated heterocycles. The largest absolute Gasteiger partial charge is 0.367 e. The van der Waals surface area contributed by atoms with Gasteiger partial charge in [-0.3, -0.25) is 4.21 Å². The highest BCUT2D eigenvalue weighted by atomic mass is 35.5. The maximum Gasteiger partial charge on any atom is 0.137 e. The van der Waals surface area contributed by atoms with Gasteiger partial charge < -0.3 is 5.32 Å². The van der Waals surface area contributed by atoms with E-state index in [1.165, 1.54) is 0 Å². The second kappa shape index (κ2) is 7.54. The van der Waals surface area contributed by atoms with Crippen molar-refractivity contribution in [3.05, 3.63) is 16.5 Å². The van der Waals surface area contributed by atoms with Gasteiger partial charge in [-0.1, -0.05) is 31.9 Å². The molecule has 1 aromatic rings. The standard InChI is InChI=1S/C15H24ClN3OS/c1-4-13-18-14(16)10(3)15(19-13)17-11-7-6-8-12(9-11)21(20)5-2/h11-12H,4-9H2,1-3H3,(H,17,18,19). The number of anilines is 1. The van der Waals surface area contributed by atoms with Crippen LogP contribution in [0.15, 0.2) is 0 Å². The molecule has 6 heteroatoms. The van der Waals surface area contributed by atoms with Gasteiger partial charge in [0.1, 0.15) is 16.8 Å². The fraction of sp³-hybridized carbons (Fsp3) is 0.733. The van der Waals surface area contributed by atoms with E-state index < -0.39 is 10.8 Å². The highest BCUT2D eigenvalue weighted by molar-refractivity contribution is 7.85. The molecule has 1 aliphatic rings. The Labute approximate surface area is 134 Å². The van der Waals surface area contributed by atoms with E-state index in [9.17, 15) is 4.21 Å². The van der Waals surface area contributed by atoms with Gasteiger partial charge in [-0.2, -0.15) is 0 Å². The van der Waals surface area contributed by atoms with Gasteiger partial charge in [-0.25, -0.2) is 9.97 Å². The van der Waals surface area contributed by atoms with Crippen molar-refractivity contribution in [3.63, 3.8) is 0 Å². The Morgan fingerprint density at radius 3 is 2.76 bits per heavy atom. The number of aromatic nitrogens is 2. The van der Waals surface area contributed by atoms with Gasteiger partial charge >= 0.3 is 0 Å². The lowest BCUT2D eigenvalue weighted by Crippen LogP contribution is -2.33. The zero-order chi connectivity index (χ0) is 15.4. The van der Waals surface area contributed by atoms with Crippen LogP contribution in [0.4, 0.5) is 5.82 Å². The predicted molar refractivity (Wildman–Crippen MR) is 89.5 cm³/mol. The van der Waals surface area contributed by atoms with Gasteiger partial charge in [-0.15, -0.1) is 0 Å². The summed E-state index contributed by atoms with van der Waals surface area (Å²) in [6, 6.07) is 0.327.